The average molecular weight is 225 g/mol. The van der Waals surface area contributed by atoms with Crippen molar-refractivity contribution in [1.82, 2.24) is 4.90 Å². The van der Waals surface area contributed by atoms with Gasteiger partial charge < -0.3 is 14.4 Å². The molecule has 90 valence electrons. The Morgan fingerprint density at radius 1 is 1.62 bits per heavy atom. The summed E-state index contributed by atoms with van der Waals surface area (Å²) in [6.45, 7) is 4.21. The molecule has 0 bridgehead atoms. The van der Waals surface area contributed by atoms with Gasteiger partial charge in [-0.15, -0.1) is 0 Å². The Kier molecular flexibility index (Phi) is 4.55. The van der Waals surface area contributed by atoms with E-state index in [9.17, 15) is 4.79 Å². The molecule has 1 aromatic heterocycles. The summed E-state index contributed by atoms with van der Waals surface area (Å²) in [4.78, 5) is 13.6. The first kappa shape index (κ1) is 12.8. The average Bonchev–Trinajstić information content (AvgIpc) is 2.72. The minimum Gasteiger partial charge on any atom is -0.469 e. The van der Waals surface area contributed by atoms with E-state index in [-0.39, 0.29) is 12.0 Å². The number of carbonyl (C=O) groups excluding carboxylic acids is 1. The fourth-order valence-electron chi connectivity index (χ4n) is 1.49. The van der Waals surface area contributed by atoms with E-state index in [4.69, 9.17) is 9.52 Å². The van der Waals surface area contributed by atoms with E-state index in [1.54, 1.807) is 24.9 Å². The van der Waals surface area contributed by atoms with Gasteiger partial charge in [-0.3, -0.25) is 4.79 Å². The molecule has 1 unspecified atom stereocenters. The molecule has 0 saturated carbocycles. The predicted molar refractivity (Wildman–Crippen MR) is 61.3 cm³/mol. The summed E-state index contributed by atoms with van der Waals surface area (Å²) >= 11 is 0. The van der Waals surface area contributed by atoms with Crippen LogP contribution in [0.5, 0.6) is 0 Å². The summed E-state index contributed by atoms with van der Waals surface area (Å²) in [7, 11) is 1.73. The van der Waals surface area contributed by atoms with E-state index in [1.807, 2.05) is 6.92 Å². The van der Waals surface area contributed by atoms with Gasteiger partial charge in [0.05, 0.1) is 17.9 Å². The highest BCUT2D eigenvalue weighted by molar-refractivity contribution is 5.94. The van der Waals surface area contributed by atoms with Crippen LogP contribution < -0.4 is 0 Å². The van der Waals surface area contributed by atoms with Crippen molar-refractivity contribution in [2.24, 2.45) is 0 Å². The van der Waals surface area contributed by atoms with Crippen molar-refractivity contribution in [3.05, 3.63) is 23.7 Å². The maximum absolute atomic E-state index is 12.0. The number of rotatable bonds is 5. The molecule has 1 amide bonds. The second-order valence-corrected chi connectivity index (χ2v) is 3.98. The molecular weight excluding hydrogens is 206 g/mol. The second kappa shape index (κ2) is 5.70. The molecule has 0 aromatic carbocycles. The Hall–Kier alpha value is -1.29. The van der Waals surface area contributed by atoms with Crippen molar-refractivity contribution < 1.29 is 14.3 Å². The maximum atomic E-state index is 12.0. The minimum atomic E-state index is -0.384. The zero-order valence-corrected chi connectivity index (χ0v) is 10.1. The van der Waals surface area contributed by atoms with Crippen molar-refractivity contribution in [2.45, 2.75) is 32.8 Å². The number of nitrogens with zero attached hydrogens (tertiary/aromatic N) is 1. The van der Waals surface area contributed by atoms with Crippen LogP contribution in [0.15, 0.2) is 16.7 Å². The summed E-state index contributed by atoms with van der Waals surface area (Å²) in [5.74, 6) is 0.667. The lowest BCUT2D eigenvalue weighted by Crippen LogP contribution is -2.29. The summed E-state index contributed by atoms with van der Waals surface area (Å²) < 4.78 is 5.21. The van der Waals surface area contributed by atoms with Crippen molar-refractivity contribution in [2.75, 3.05) is 13.6 Å². The Balaban J connectivity index is 2.63. The molecule has 1 atom stereocenters. The molecule has 1 rings (SSSR count). The fraction of sp³-hybridized carbons (Fsp3) is 0.583. The van der Waals surface area contributed by atoms with Crippen molar-refractivity contribution >= 4 is 5.91 Å². The lowest BCUT2D eigenvalue weighted by Gasteiger charge is -2.17. The third kappa shape index (κ3) is 3.10. The Morgan fingerprint density at radius 2 is 2.31 bits per heavy atom. The van der Waals surface area contributed by atoms with Crippen LogP contribution in [0.4, 0.5) is 0 Å². The Labute approximate surface area is 95.9 Å². The van der Waals surface area contributed by atoms with Gasteiger partial charge in [0.1, 0.15) is 5.76 Å². The highest BCUT2D eigenvalue weighted by atomic mass is 16.3. The van der Waals surface area contributed by atoms with Crippen LogP contribution in [0.3, 0.4) is 0 Å². The maximum Gasteiger partial charge on any atom is 0.257 e. The van der Waals surface area contributed by atoms with Crippen LogP contribution in [-0.2, 0) is 6.42 Å². The second-order valence-electron chi connectivity index (χ2n) is 3.98. The number of aliphatic hydroxyl groups is 1. The molecule has 4 heteroatoms. The first-order chi connectivity index (χ1) is 7.56. The quantitative estimate of drug-likeness (QED) is 0.829. The Morgan fingerprint density at radius 3 is 2.88 bits per heavy atom. The number of hydrogen-bond acceptors (Lipinski definition) is 3. The molecule has 0 radical (unpaired) electrons. The van der Waals surface area contributed by atoms with Crippen LogP contribution >= 0.6 is 0 Å². The van der Waals surface area contributed by atoms with Crippen LogP contribution in [-0.4, -0.2) is 35.6 Å². The lowest BCUT2D eigenvalue weighted by molar-refractivity contribution is 0.0767. The normalized spacial score (nSPS) is 12.5. The lowest BCUT2D eigenvalue weighted by atomic mass is 10.2. The zero-order valence-electron chi connectivity index (χ0n) is 10.1. The van der Waals surface area contributed by atoms with E-state index in [0.29, 0.717) is 30.7 Å². The molecule has 0 aliphatic carbocycles. The van der Waals surface area contributed by atoms with E-state index in [0.717, 1.165) is 0 Å². The van der Waals surface area contributed by atoms with Crippen LogP contribution in [0.25, 0.3) is 0 Å². The highest BCUT2D eigenvalue weighted by Crippen LogP contribution is 2.13. The van der Waals surface area contributed by atoms with Crippen LogP contribution in [0.1, 0.15) is 36.4 Å². The van der Waals surface area contributed by atoms with Crippen molar-refractivity contribution in [3.8, 4) is 0 Å². The number of hydrogen-bond donors (Lipinski definition) is 1. The van der Waals surface area contributed by atoms with Crippen LogP contribution in [0.2, 0.25) is 0 Å². The molecule has 1 aromatic rings. The standard InChI is InChI=1S/C12H19NO3/c1-4-11-10(6-8-16-11)12(15)13(3)7-5-9(2)14/h6,8-9,14H,4-5,7H2,1-3H3. The topological polar surface area (TPSA) is 53.7 Å². The Bertz CT molecular complexity index is 344. The number of aliphatic hydroxyl groups excluding tert-OH is 1. The van der Waals surface area contributed by atoms with Gasteiger partial charge in [-0.25, -0.2) is 0 Å². The first-order valence-corrected chi connectivity index (χ1v) is 5.56. The first-order valence-electron chi connectivity index (χ1n) is 5.56. The van der Waals surface area contributed by atoms with E-state index in [1.165, 1.54) is 6.26 Å². The van der Waals surface area contributed by atoms with E-state index in [2.05, 4.69) is 0 Å². The molecule has 16 heavy (non-hydrogen) atoms. The monoisotopic (exact) mass is 225 g/mol. The molecule has 4 nitrogen and oxygen atoms in total. The molecule has 1 N–H and O–H groups in total. The largest absolute Gasteiger partial charge is 0.469 e. The van der Waals surface area contributed by atoms with E-state index < -0.39 is 0 Å². The van der Waals surface area contributed by atoms with Gasteiger partial charge >= 0.3 is 0 Å². The molecular formula is C12H19NO3. The van der Waals surface area contributed by atoms with Crippen molar-refractivity contribution in [1.29, 1.82) is 0 Å². The molecule has 0 spiro atoms. The third-order valence-electron chi connectivity index (χ3n) is 2.53. The van der Waals surface area contributed by atoms with Gasteiger partial charge in [-0.2, -0.15) is 0 Å². The molecule has 0 aliphatic heterocycles. The summed E-state index contributed by atoms with van der Waals surface area (Å²) in [5.41, 5.74) is 0.621. The van der Waals surface area contributed by atoms with Gasteiger partial charge in [0, 0.05) is 20.0 Å². The van der Waals surface area contributed by atoms with Gasteiger partial charge in [0.2, 0.25) is 0 Å². The molecule has 0 aliphatic rings. The zero-order chi connectivity index (χ0) is 12.1. The SMILES string of the molecule is CCc1occc1C(=O)N(C)CCC(C)O. The number of aryl methyl sites for hydroxylation is 1. The molecule has 1 heterocycles. The fourth-order valence-corrected chi connectivity index (χ4v) is 1.49. The number of furan rings is 1. The summed E-state index contributed by atoms with van der Waals surface area (Å²) in [5, 5.41) is 9.16. The van der Waals surface area contributed by atoms with E-state index >= 15 is 0 Å². The minimum absolute atomic E-state index is 0.0498. The van der Waals surface area contributed by atoms with Crippen LogP contribution in [0, 0.1) is 0 Å². The van der Waals surface area contributed by atoms with Gasteiger partial charge in [-0.1, -0.05) is 6.92 Å². The van der Waals surface area contributed by atoms with Gasteiger partial charge in [-0.05, 0) is 19.4 Å². The molecule has 0 saturated heterocycles. The third-order valence-corrected chi connectivity index (χ3v) is 2.53. The van der Waals surface area contributed by atoms with Gasteiger partial charge in [0.15, 0.2) is 0 Å². The smallest absolute Gasteiger partial charge is 0.257 e. The highest BCUT2D eigenvalue weighted by Gasteiger charge is 2.17. The van der Waals surface area contributed by atoms with Crippen molar-refractivity contribution in [3.63, 3.8) is 0 Å². The van der Waals surface area contributed by atoms with Gasteiger partial charge in [0.25, 0.3) is 5.91 Å². The summed E-state index contributed by atoms with van der Waals surface area (Å²) in [6, 6.07) is 1.69. The number of amides is 1. The number of carbonyl (C=O) groups is 1. The molecule has 0 fully saturated rings. The predicted octanol–water partition coefficient (Wildman–Crippen LogP) is 1.68. The summed E-state index contributed by atoms with van der Waals surface area (Å²) in [6.07, 6.45) is 2.44.